The van der Waals surface area contributed by atoms with Crippen LogP contribution in [0.25, 0.3) is 0 Å². The van der Waals surface area contributed by atoms with Crippen molar-refractivity contribution in [3.63, 3.8) is 0 Å². The van der Waals surface area contributed by atoms with Gasteiger partial charge in [-0.15, -0.1) is 0 Å². The molecule has 0 heterocycles. The maximum atomic E-state index is 12.4. The summed E-state index contributed by atoms with van der Waals surface area (Å²) in [4.78, 5) is 12.4. The maximum absolute atomic E-state index is 12.4. The summed E-state index contributed by atoms with van der Waals surface area (Å²) in [6.07, 6.45) is -0.963. The molecular weight excluding hydrogens is 354 g/mol. The largest absolute Gasteiger partial charge is 0.445 e. The zero-order valence-electron chi connectivity index (χ0n) is 17.1. The Hall–Kier alpha value is -2.37. The molecular formula is C23H31NO4. The summed E-state index contributed by atoms with van der Waals surface area (Å²) in [6.45, 7) is 7.91. The Morgan fingerprint density at radius 3 is 1.93 bits per heavy atom. The first-order chi connectivity index (χ1) is 13.3. The molecule has 2 aromatic rings. The van der Waals surface area contributed by atoms with Crippen LogP contribution in [0.1, 0.15) is 38.8 Å². The van der Waals surface area contributed by atoms with E-state index >= 15 is 0 Å². The van der Waals surface area contributed by atoms with Gasteiger partial charge in [0.1, 0.15) is 6.61 Å². The van der Waals surface area contributed by atoms with E-state index in [1.807, 2.05) is 74.5 Å². The van der Waals surface area contributed by atoms with Crippen molar-refractivity contribution in [2.45, 2.75) is 58.7 Å². The van der Waals surface area contributed by atoms with E-state index in [-0.39, 0.29) is 18.6 Å². The fourth-order valence-corrected chi connectivity index (χ4v) is 2.99. The first-order valence-corrected chi connectivity index (χ1v) is 9.62. The van der Waals surface area contributed by atoms with Crippen LogP contribution < -0.4 is 5.32 Å². The predicted molar refractivity (Wildman–Crippen MR) is 110 cm³/mol. The van der Waals surface area contributed by atoms with Crippen molar-refractivity contribution in [1.82, 2.24) is 5.32 Å². The minimum absolute atomic E-state index is 0.0783. The average Bonchev–Trinajstić information content (AvgIpc) is 2.66. The van der Waals surface area contributed by atoms with E-state index in [0.29, 0.717) is 6.61 Å². The Balaban J connectivity index is 2.03. The molecule has 5 heteroatoms. The van der Waals surface area contributed by atoms with Gasteiger partial charge in [-0.05, 0) is 30.9 Å². The van der Waals surface area contributed by atoms with Gasteiger partial charge in [-0.25, -0.2) is 4.79 Å². The number of rotatable bonds is 9. The molecule has 0 aliphatic heterocycles. The molecule has 2 atom stereocenters. The molecule has 0 unspecified atom stereocenters. The van der Waals surface area contributed by atoms with Gasteiger partial charge < -0.3 is 19.9 Å². The molecule has 0 aliphatic rings. The molecule has 0 spiro atoms. The Morgan fingerprint density at radius 2 is 1.46 bits per heavy atom. The van der Waals surface area contributed by atoms with Crippen LogP contribution in [0.2, 0.25) is 0 Å². The fraction of sp³-hybridized carbons (Fsp3) is 0.435. The van der Waals surface area contributed by atoms with Crippen molar-refractivity contribution in [2.75, 3.05) is 0 Å². The lowest BCUT2D eigenvalue weighted by atomic mass is 9.88. The van der Waals surface area contributed by atoms with Crippen LogP contribution in [0, 0.1) is 5.92 Å². The minimum Gasteiger partial charge on any atom is -0.445 e. The summed E-state index contributed by atoms with van der Waals surface area (Å²) in [5.41, 5.74) is 0.754. The minimum atomic E-state index is -1.18. The van der Waals surface area contributed by atoms with Gasteiger partial charge in [-0.3, -0.25) is 0 Å². The molecule has 2 aromatic carbocycles. The van der Waals surface area contributed by atoms with Crippen LogP contribution in [0.3, 0.4) is 0 Å². The number of benzene rings is 2. The van der Waals surface area contributed by atoms with Gasteiger partial charge in [-0.1, -0.05) is 74.5 Å². The number of nitrogens with one attached hydrogen (secondary N) is 1. The number of hydrogen-bond donors (Lipinski definition) is 2. The average molecular weight is 386 g/mol. The van der Waals surface area contributed by atoms with Gasteiger partial charge in [0.25, 0.3) is 0 Å². The molecule has 5 nitrogen and oxygen atoms in total. The molecule has 2 N–H and O–H groups in total. The van der Waals surface area contributed by atoms with Crippen LogP contribution in [0.4, 0.5) is 4.79 Å². The second kappa shape index (κ2) is 10.2. The number of aliphatic hydroxyl groups is 1. The Bertz CT molecular complexity index is 710. The van der Waals surface area contributed by atoms with Gasteiger partial charge in [0.05, 0.1) is 24.4 Å². The van der Waals surface area contributed by atoms with E-state index in [9.17, 15) is 9.90 Å². The Kier molecular flexibility index (Phi) is 8.03. The molecule has 152 valence electrons. The quantitative estimate of drug-likeness (QED) is 0.676. The third-order valence-corrected chi connectivity index (χ3v) is 4.52. The number of amides is 1. The predicted octanol–water partition coefficient (Wildman–Crippen LogP) is 4.29. The number of hydrogen-bond acceptors (Lipinski definition) is 4. The Morgan fingerprint density at radius 1 is 0.964 bits per heavy atom. The van der Waals surface area contributed by atoms with Gasteiger partial charge in [0.15, 0.2) is 0 Å². The van der Waals surface area contributed by atoms with E-state index in [4.69, 9.17) is 9.47 Å². The van der Waals surface area contributed by atoms with E-state index in [1.54, 1.807) is 13.8 Å². The van der Waals surface area contributed by atoms with Crippen molar-refractivity contribution in [1.29, 1.82) is 0 Å². The third-order valence-electron chi connectivity index (χ3n) is 4.52. The second-order valence-corrected chi connectivity index (χ2v) is 7.84. The summed E-state index contributed by atoms with van der Waals surface area (Å²) in [6, 6.07) is 18.7. The molecule has 0 fully saturated rings. The van der Waals surface area contributed by atoms with Crippen LogP contribution in [0.15, 0.2) is 60.7 Å². The van der Waals surface area contributed by atoms with Crippen LogP contribution in [0.5, 0.6) is 0 Å². The van der Waals surface area contributed by atoms with E-state index in [1.165, 1.54) is 0 Å². The molecule has 0 aromatic heterocycles. The van der Waals surface area contributed by atoms with Crippen molar-refractivity contribution in [3.05, 3.63) is 71.8 Å². The van der Waals surface area contributed by atoms with Crippen molar-refractivity contribution < 1.29 is 19.4 Å². The molecule has 0 bridgehead atoms. The molecule has 0 aliphatic carbocycles. The highest BCUT2D eigenvalue weighted by Gasteiger charge is 2.38. The lowest BCUT2D eigenvalue weighted by Gasteiger charge is -2.38. The van der Waals surface area contributed by atoms with Gasteiger partial charge in [0, 0.05) is 0 Å². The normalized spacial score (nSPS) is 13.8. The highest BCUT2D eigenvalue weighted by atomic mass is 16.5. The number of alkyl carbamates (subject to hydrolysis) is 1. The second-order valence-electron chi connectivity index (χ2n) is 7.84. The Labute approximate surface area is 167 Å². The van der Waals surface area contributed by atoms with Crippen LogP contribution in [-0.2, 0) is 22.7 Å². The van der Waals surface area contributed by atoms with E-state index < -0.39 is 17.7 Å². The van der Waals surface area contributed by atoms with E-state index in [0.717, 1.165) is 11.1 Å². The van der Waals surface area contributed by atoms with E-state index in [2.05, 4.69) is 5.32 Å². The summed E-state index contributed by atoms with van der Waals surface area (Å²) in [5, 5.41) is 13.5. The van der Waals surface area contributed by atoms with Crippen molar-refractivity contribution in [2.24, 2.45) is 5.92 Å². The summed E-state index contributed by atoms with van der Waals surface area (Å²) in [5.74, 6) is 0.0783. The smallest absolute Gasteiger partial charge is 0.407 e. The highest BCUT2D eigenvalue weighted by Crippen LogP contribution is 2.22. The van der Waals surface area contributed by atoms with Crippen molar-refractivity contribution in [3.8, 4) is 0 Å². The summed E-state index contributed by atoms with van der Waals surface area (Å²) < 4.78 is 11.4. The maximum Gasteiger partial charge on any atom is 0.407 e. The molecule has 28 heavy (non-hydrogen) atoms. The number of carbonyl (C=O) groups excluding carboxylic acids is 1. The van der Waals surface area contributed by atoms with Gasteiger partial charge in [-0.2, -0.15) is 0 Å². The number of ether oxygens (including phenoxy) is 2. The van der Waals surface area contributed by atoms with Crippen LogP contribution in [-0.4, -0.2) is 28.9 Å². The third kappa shape index (κ3) is 6.98. The zero-order valence-corrected chi connectivity index (χ0v) is 17.1. The molecule has 0 saturated carbocycles. The zero-order chi connectivity index (χ0) is 20.6. The highest BCUT2D eigenvalue weighted by molar-refractivity contribution is 5.68. The van der Waals surface area contributed by atoms with Gasteiger partial charge in [0.2, 0.25) is 0 Å². The SMILES string of the molecule is CC(C)[C@@H](OCc1ccccc1)[C@@H](NC(=O)OCc1ccccc1)C(C)(C)O. The summed E-state index contributed by atoms with van der Waals surface area (Å²) in [7, 11) is 0. The monoisotopic (exact) mass is 385 g/mol. The van der Waals surface area contributed by atoms with Crippen LogP contribution >= 0.6 is 0 Å². The lowest BCUT2D eigenvalue weighted by molar-refractivity contribution is -0.0763. The standard InChI is InChI=1S/C23H31NO4/c1-17(2)20(27-15-18-11-7-5-8-12-18)21(23(3,4)26)24-22(25)28-16-19-13-9-6-10-14-19/h5-14,17,20-21,26H,15-16H2,1-4H3,(H,24,25)/t20-,21-/m1/s1. The van der Waals surface area contributed by atoms with Crippen molar-refractivity contribution >= 4 is 6.09 Å². The number of carbonyl (C=O) groups is 1. The topological polar surface area (TPSA) is 67.8 Å². The molecule has 2 rings (SSSR count). The molecule has 0 radical (unpaired) electrons. The van der Waals surface area contributed by atoms with Gasteiger partial charge >= 0.3 is 6.09 Å². The molecule has 0 saturated heterocycles. The lowest BCUT2D eigenvalue weighted by Crippen LogP contribution is -2.58. The first-order valence-electron chi connectivity index (χ1n) is 9.62. The fourth-order valence-electron chi connectivity index (χ4n) is 2.99. The summed E-state index contributed by atoms with van der Waals surface area (Å²) >= 11 is 0. The molecule has 1 amide bonds. The first kappa shape index (κ1) is 21.9.